The van der Waals surface area contributed by atoms with E-state index in [1.807, 2.05) is 17.4 Å². The highest BCUT2D eigenvalue weighted by Crippen LogP contribution is 2.04. The number of rotatable bonds is 0. The van der Waals surface area contributed by atoms with Crippen molar-refractivity contribution in [1.82, 2.24) is 14.6 Å². The van der Waals surface area contributed by atoms with Crippen LogP contribution in [0.1, 0.15) is 11.4 Å². The Kier molecular flexibility index (Phi) is 1.31. The number of fused-ring (bicyclic) bond motifs is 1. The fourth-order valence-electron chi connectivity index (χ4n) is 1.08. The van der Waals surface area contributed by atoms with Gasteiger partial charge in [0, 0.05) is 12.3 Å². The second-order valence-corrected chi connectivity index (χ2v) is 2.50. The number of hydrogen-bond donors (Lipinski definition) is 0. The fourth-order valence-corrected chi connectivity index (χ4v) is 1.08. The minimum absolute atomic E-state index is 0.606. The second-order valence-electron chi connectivity index (χ2n) is 2.50. The fraction of sp³-hybridized carbons (Fsp3) is 0.125. The third kappa shape index (κ3) is 0.839. The molecule has 4 heteroatoms. The lowest BCUT2D eigenvalue weighted by molar-refractivity contribution is 1.01. The third-order valence-corrected chi connectivity index (χ3v) is 1.71. The van der Waals surface area contributed by atoms with Gasteiger partial charge in [0.2, 0.25) is 0 Å². The van der Waals surface area contributed by atoms with Crippen LogP contribution in [0.3, 0.4) is 0 Å². The second kappa shape index (κ2) is 2.31. The van der Waals surface area contributed by atoms with E-state index in [1.54, 1.807) is 18.3 Å². The number of aromatic nitrogens is 3. The molecule has 2 aromatic rings. The maximum Gasteiger partial charge on any atom is 0.162 e. The van der Waals surface area contributed by atoms with E-state index in [0.717, 1.165) is 5.82 Å². The molecule has 0 aromatic carbocycles. The summed E-state index contributed by atoms with van der Waals surface area (Å²) in [5, 5.41) is 16.4. The van der Waals surface area contributed by atoms with Gasteiger partial charge in [0.15, 0.2) is 5.65 Å². The number of nitriles is 1. The average Bonchev–Trinajstić information content (AvgIpc) is 2.47. The van der Waals surface area contributed by atoms with Gasteiger partial charge in [-0.3, -0.25) is 4.40 Å². The van der Waals surface area contributed by atoms with Gasteiger partial charge in [-0.15, -0.1) is 10.2 Å². The highest BCUT2D eigenvalue weighted by molar-refractivity contribution is 5.45. The lowest BCUT2D eigenvalue weighted by atomic mass is 10.3. The van der Waals surface area contributed by atoms with Crippen LogP contribution >= 0.6 is 0 Å². The molecule has 58 valence electrons. The predicted octanol–water partition coefficient (Wildman–Crippen LogP) is 0.909. The summed E-state index contributed by atoms with van der Waals surface area (Å²) in [7, 11) is 0. The molecule has 12 heavy (non-hydrogen) atoms. The Bertz CT molecular complexity index is 463. The van der Waals surface area contributed by atoms with Gasteiger partial charge in [-0.25, -0.2) is 0 Å². The summed E-state index contributed by atoms with van der Waals surface area (Å²) >= 11 is 0. The SMILES string of the molecule is Cc1nnc2cc(C#N)ccn12. The number of aryl methyl sites for hydroxylation is 1. The van der Waals surface area contributed by atoms with Crippen LogP contribution in [0.5, 0.6) is 0 Å². The van der Waals surface area contributed by atoms with E-state index in [1.165, 1.54) is 0 Å². The lowest BCUT2D eigenvalue weighted by Crippen LogP contribution is -1.87. The van der Waals surface area contributed by atoms with Crippen LogP contribution in [-0.2, 0) is 0 Å². The first kappa shape index (κ1) is 6.80. The molecule has 0 aliphatic rings. The molecule has 0 atom stereocenters. The molecular weight excluding hydrogens is 152 g/mol. The summed E-state index contributed by atoms with van der Waals surface area (Å²) in [5.74, 6) is 0.828. The van der Waals surface area contributed by atoms with Crippen LogP contribution in [0.15, 0.2) is 18.3 Å². The first-order chi connectivity index (χ1) is 5.81. The smallest absolute Gasteiger partial charge is 0.162 e. The third-order valence-electron chi connectivity index (χ3n) is 1.71. The zero-order valence-corrected chi connectivity index (χ0v) is 6.52. The van der Waals surface area contributed by atoms with Crippen molar-refractivity contribution in [1.29, 1.82) is 5.26 Å². The zero-order valence-electron chi connectivity index (χ0n) is 6.52. The summed E-state index contributed by atoms with van der Waals surface area (Å²) < 4.78 is 1.83. The Morgan fingerprint density at radius 1 is 1.50 bits per heavy atom. The molecule has 0 spiro atoms. The van der Waals surface area contributed by atoms with Gasteiger partial charge in [0.05, 0.1) is 11.6 Å². The molecule has 0 N–H and O–H groups in total. The average molecular weight is 158 g/mol. The molecule has 2 heterocycles. The van der Waals surface area contributed by atoms with Crippen LogP contribution in [0.4, 0.5) is 0 Å². The van der Waals surface area contributed by atoms with E-state index in [0.29, 0.717) is 11.2 Å². The Labute approximate surface area is 69.1 Å². The molecule has 0 radical (unpaired) electrons. The molecule has 0 saturated carbocycles. The van der Waals surface area contributed by atoms with Crippen molar-refractivity contribution in [3.63, 3.8) is 0 Å². The van der Waals surface area contributed by atoms with Crippen LogP contribution in [0.25, 0.3) is 5.65 Å². The van der Waals surface area contributed by atoms with Crippen molar-refractivity contribution in [3.05, 3.63) is 29.7 Å². The van der Waals surface area contributed by atoms with Crippen molar-refractivity contribution in [2.24, 2.45) is 0 Å². The van der Waals surface area contributed by atoms with Gasteiger partial charge in [-0.1, -0.05) is 0 Å². The molecule has 0 bridgehead atoms. The maximum atomic E-state index is 8.60. The van der Waals surface area contributed by atoms with Crippen LogP contribution in [0.2, 0.25) is 0 Å². The Morgan fingerprint density at radius 2 is 2.33 bits per heavy atom. The van der Waals surface area contributed by atoms with Crippen LogP contribution < -0.4 is 0 Å². The summed E-state index contributed by atoms with van der Waals surface area (Å²) in [4.78, 5) is 0. The normalized spacial score (nSPS) is 10.0. The highest BCUT2D eigenvalue weighted by Gasteiger charge is 1.99. The molecule has 0 fully saturated rings. The van der Waals surface area contributed by atoms with E-state index >= 15 is 0 Å². The monoisotopic (exact) mass is 158 g/mol. The van der Waals surface area contributed by atoms with Crippen molar-refractivity contribution < 1.29 is 0 Å². The summed E-state index contributed by atoms with van der Waals surface area (Å²) in [6.45, 7) is 1.87. The molecule has 0 unspecified atom stereocenters. The molecular formula is C8H6N4. The van der Waals surface area contributed by atoms with E-state index in [-0.39, 0.29) is 0 Å². The van der Waals surface area contributed by atoms with Gasteiger partial charge < -0.3 is 0 Å². The molecule has 2 rings (SSSR count). The van der Waals surface area contributed by atoms with Crippen LogP contribution in [0, 0.1) is 18.3 Å². The first-order valence-electron chi connectivity index (χ1n) is 3.53. The zero-order chi connectivity index (χ0) is 8.55. The predicted molar refractivity (Wildman–Crippen MR) is 42.4 cm³/mol. The van der Waals surface area contributed by atoms with E-state index < -0.39 is 0 Å². The van der Waals surface area contributed by atoms with Gasteiger partial charge in [0.25, 0.3) is 0 Å². The van der Waals surface area contributed by atoms with Crippen molar-refractivity contribution in [2.75, 3.05) is 0 Å². The molecule has 0 amide bonds. The van der Waals surface area contributed by atoms with Crippen molar-refractivity contribution in [2.45, 2.75) is 6.92 Å². The van der Waals surface area contributed by atoms with Crippen LogP contribution in [-0.4, -0.2) is 14.6 Å². The van der Waals surface area contributed by atoms with E-state index in [4.69, 9.17) is 5.26 Å². The molecule has 4 nitrogen and oxygen atoms in total. The Hall–Kier alpha value is -1.89. The first-order valence-corrected chi connectivity index (χ1v) is 3.53. The maximum absolute atomic E-state index is 8.60. The Balaban J connectivity index is 2.80. The van der Waals surface area contributed by atoms with Gasteiger partial charge in [-0.2, -0.15) is 5.26 Å². The van der Waals surface area contributed by atoms with Gasteiger partial charge in [-0.05, 0) is 13.0 Å². The van der Waals surface area contributed by atoms with E-state index in [2.05, 4.69) is 10.2 Å². The van der Waals surface area contributed by atoms with Crippen molar-refractivity contribution >= 4 is 5.65 Å². The minimum Gasteiger partial charge on any atom is -0.287 e. The summed E-state index contributed by atoms with van der Waals surface area (Å²) in [6.07, 6.45) is 1.79. The number of pyridine rings is 1. The van der Waals surface area contributed by atoms with Gasteiger partial charge in [0.1, 0.15) is 5.82 Å². The summed E-state index contributed by atoms with van der Waals surface area (Å²) in [5.41, 5.74) is 1.32. The Morgan fingerprint density at radius 3 is 3.08 bits per heavy atom. The highest BCUT2D eigenvalue weighted by atomic mass is 15.2. The standard InChI is InChI=1S/C8H6N4/c1-6-10-11-8-4-7(5-9)2-3-12(6)8/h2-4H,1H3. The molecule has 0 aliphatic heterocycles. The molecule has 0 saturated heterocycles. The van der Waals surface area contributed by atoms with Gasteiger partial charge >= 0.3 is 0 Å². The largest absolute Gasteiger partial charge is 0.287 e. The van der Waals surface area contributed by atoms with E-state index in [9.17, 15) is 0 Å². The number of hydrogen-bond acceptors (Lipinski definition) is 3. The quantitative estimate of drug-likeness (QED) is 0.572. The lowest BCUT2D eigenvalue weighted by Gasteiger charge is -1.92. The number of nitrogens with zero attached hydrogens (tertiary/aromatic N) is 4. The molecule has 2 aromatic heterocycles. The summed E-state index contributed by atoms with van der Waals surface area (Å²) in [6, 6.07) is 5.50. The van der Waals surface area contributed by atoms with Crippen molar-refractivity contribution in [3.8, 4) is 6.07 Å². The topological polar surface area (TPSA) is 54.0 Å². The minimum atomic E-state index is 0.606. The molecule has 0 aliphatic carbocycles.